The van der Waals surface area contributed by atoms with Crippen molar-refractivity contribution in [2.24, 2.45) is 0 Å². The summed E-state index contributed by atoms with van der Waals surface area (Å²) in [5.41, 5.74) is 2.27. The fourth-order valence-corrected chi connectivity index (χ4v) is 3.51. The molecule has 3 aromatic rings. The van der Waals surface area contributed by atoms with E-state index in [1.165, 1.54) is 16.3 Å². The highest BCUT2D eigenvalue weighted by Gasteiger charge is 2.16. The first-order valence-electron chi connectivity index (χ1n) is 9.62. The second-order valence-corrected chi connectivity index (χ2v) is 6.82. The van der Waals surface area contributed by atoms with Crippen molar-refractivity contribution in [3.63, 3.8) is 0 Å². The molecule has 0 atom stereocenters. The number of hydrogen-bond acceptors (Lipinski definition) is 3. The summed E-state index contributed by atoms with van der Waals surface area (Å²) in [4.78, 5) is 14.4. The molecular weight excluding hydrogens is 352 g/mol. The van der Waals surface area contributed by atoms with Crippen LogP contribution in [0.1, 0.15) is 18.1 Å². The minimum atomic E-state index is -0.0552. The molecule has 1 N–H and O–H groups in total. The van der Waals surface area contributed by atoms with E-state index in [0.29, 0.717) is 19.6 Å². The average molecular weight is 376 g/mol. The molecule has 5 nitrogen and oxygen atoms in total. The molecular formula is C23H24N2O3. The summed E-state index contributed by atoms with van der Waals surface area (Å²) in [6.45, 7) is 4.01. The normalized spacial score (nSPS) is 12.2. The fourth-order valence-electron chi connectivity index (χ4n) is 3.51. The number of benzene rings is 3. The van der Waals surface area contributed by atoms with E-state index in [1.807, 2.05) is 31.2 Å². The summed E-state index contributed by atoms with van der Waals surface area (Å²) in [5, 5.41) is 5.52. The van der Waals surface area contributed by atoms with Gasteiger partial charge in [0.1, 0.15) is 0 Å². The second kappa shape index (κ2) is 8.21. The van der Waals surface area contributed by atoms with E-state index >= 15 is 0 Å². The molecule has 1 heterocycles. The van der Waals surface area contributed by atoms with Crippen LogP contribution in [0.3, 0.4) is 0 Å². The van der Waals surface area contributed by atoms with Gasteiger partial charge in [0.2, 0.25) is 6.79 Å². The third kappa shape index (κ3) is 3.88. The van der Waals surface area contributed by atoms with Crippen LogP contribution in [0.5, 0.6) is 11.5 Å². The molecule has 2 amide bonds. The second-order valence-electron chi connectivity index (χ2n) is 6.82. The first-order chi connectivity index (χ1) is 13.7. The maximum Gasteiger partial charge on any atom is 0.317 e. The van der Waals surface area contributed by atoms with Gasteiger partial charge in [-0.25, -0.2) is 4.79 Å². The number of hydrogen-bond donors (Lipinski definition) is 1. The van der Waals surface area contributed by atoms with Crippen LogP contribution in [-0.2, 0) is 13.0 Å². The van der Waals surface area contributed by atoms with E-state index in [-0.39, 0.29) is 12.8 Å². The SMILES string of the molecule is CCN(Cc1ccc2c(c1)OCO2)C(=O)NCCc1cccc2ccccc12. The maximum absolute atomic E-state index is 12.6. The van der Waals surface area contributed by atoms with Crippen molar-refractivity contribution in [2.75, 3.05) is 19.9 Å². The van der Waals surface area contributed by atoms with Crippen LogP contribution in [0.15, 0.2) is 60.7 Å². The van der Waals surface area contributed by atoms with Gasteiger partial charge in [0.05, 0.1) is 0 Å². The van der Waals surface area contributed by atoms with Gasteiger partial charge < -0.3 is 19.7 Å². The molecule has 0 saturated heterocycles. The summed E-state index contributed by atoms with van der Waals surface area (Å²) in [5.74, 6) is 1.50. The Labute approximate surface area is 164 Å². The van der Waals surface area contributed by atoms with Gasteiger partial charge in [0, 0.05) is 19.6 Å². The van der Waals surface area contributed by atoms with Crippen LogP contribution in [0.4, 0.5) is 4.79 Å². The molecule has 3 aromatic carbocycles. The molecule has 28 heavy (non-hydrogen) atoms. The third-order valence-electron chi connectivity index (χ3n) is 5.03. The number of nitrogens with one attached hydrogen (secondary N) is 1. The lowest BCUT2D eigenvalue weighted by atomic mass is 10.0. The van der Waals surface area contributed by atoms with Crippen LogP contribution in [0.25, 0.3) is 10.8 Å². The molecule has 144 valence electrons. The van der Waals surface area contributed by atoms with Gasteiger partial charge in [-0.05, 0) is 47.4 Å². The van der Waals surface area contributed by atoms with Gasteiger partial charge in [-0.1, -0.05) is 48.5 Å². The summed E-state index contributed by atoms with van der Waals surface area (Å²) >= 11 is 0. The van der Waals surface area contributed by atoms with E-state index in [2.05, 4.69) is 41.7 Å². The van der Waals surface area contributed by atoms with E-state index < -0.39 is 0 Å². The molecule has 0 aromatic heterocycles. The first kappa shape index (κ1) is 18.2. The number of carbonyl (C=O) groups excluding carboxylic acids is 1. The van der Waals surface area contributed by atoms with Crippen LogP contribution >= 0.6 is 0 Å². The van der Waals surface area contributed by atoms with Crippen LogP contribution in [0, 0.1) is 0 Å². The van der Waals surface area contributed by atoms with Crippen molar-refractivity contribution < 1.29 is 14.3 Å². The number of nitrogens with zero attached hydrogens (tertiary/aromatic N) is 1. The van der Waals surface area contributed by atoms with Gasteiger partial charge in [0.15, 0.2) is 11.5 Å². The molecule has 0 spiro atoms. The molecule has 4 rings (SSSR count). The molecule has 0 aliphatic carbocycles. The number of carbonyl (C=O) groups is 1. The highest BCUT2D eigenvalue weighted by molar-refractivity contribution is 5.85. The zero-order valence-corrected chi connectivity index (χ0v) is 16.0. The zero-order valence-electron chi connectivity index (χ0n) is 16.0. The van der Waals surface area contributed by atoms with Crippen molar-refractivity contribution in [2.45, 2.75) is 19.9 Å². The quantitative estimate of drug-likeness (QED) is 0.696. The van der Waals surface area contributed by atoms with E-state index in [1.54, 1.807) is 4.90 Å². The van der Waals surface area contributed by atoms with Gasteiger partial charge in [-0.3, -0.25) is 0 Å². The lowest BCUT2D eigenvalue weighted by Crippen LogP contribution is -2.40. The largest absolute Gasteiger partial charge is 0.454 e. The van der Waals surface area contributed by atoms with E-state index in [0.717, 1.165) is 23.5 Å². The van der Waals surface area contributed by atoms with Gasteiger partial charge in [0.25, 0.3) is 0 Å². The van der Waals surface area contributed by atoms with Crippen LogP contribution in [0.2, 0.25) is 0 Å². The highest BCUT2D eigenvalue weighted by Crippen LogP contribution is 2.32. The summed E-state index contributed by atoms with van der Waals surface area (Å²) in [6.07, 6.45) is 0.800. The minimum Gasteiger partial charge on any atom is -0.454 e. The molecule has 0 fully saturated rings. The smallest absolute Gasteiger partial charge is 0.317 e. The van der Waals surface area contributed by atoms with Crippen LogP contribution < -0.4 is 14.8 Å². The zero-order chi connectivity index (χ0) is 19.3. The highest BCUT2D eigenvalue weighted by atomic mass is 16.7. The number of rotatable bonds is 6. The number of amides is 2. The Morgan fingerprint density at radius 2 is 1.86 bits per heavy atom. The average Bonchev–Trinajstić information content (AvgIpc) is 3.20. The molecule has 0 radical (unpaired) electrons. The van der Waals surface area contributed by atoms with Crippen molar-refractivity contribution in [1.29, 1.82) is 0 Å². The van der Waals surface area contributed by atoms with E-state index in [9.17, 15) is 4.79 Å². The molecule has 0 bridgehead atoms. The standard InChI is InChI=1S/C23H24N2O3/c1-2-25(15-17-10-11-21-22(14-17)28-16-27-21)23(26)24-13-12-19-8-5-7-18-6-3-4-9-20(18)19/h3-11,14H,2,12-13,15-16H2,1H3,(H,24,26). The fraction of sp³-hybridized carbons (Fsp3) is 0.261. The Balaban J connectivity index is 1.35. The lowest BCUT2D eigenvalue weighted by Gasteiger charge is -2.22. The Bertz CT molecular complexity index is 981. The van der Waals surface area contributed by atoms with Crippen LogP contribution in [-0.4, -0.2) is 30.8 Å². The Hall–Kier alpha value is -3.21. The first-order valence-corrected chi connectivity index (χ1v) is 9.62. The predicted molar refractivity (Wildman–Crippen MR) is 110 cm³/mol. The van der Waals surface area contributed by atoms with Crippen molar-refractivity contribution in [3.05, 3.63) is 71.8 Å². The molecule has 1 aliphatic heterocycles. The summed E-state index contributed by atoms with van der Waals surface area (Å²) < 4.78 is 10.8. The minimum absolute atomic E-state index is 0.0552. The monoisotopic (exact) mass is 376 g/mol. The van der Waals surface area contributed by atoms with Crippen molar-refractivity contribution >= 4 is 16.8 Å². The molecule has 0 saturated carbocycles. The summed E-state index contributed by atoms with van der Waals surface area (Å²) in [7, 11) is 0. The maximum atomic E-state index is 12.6. The topological polar surface area (TPSA) is 50.8 Å². The van der Waals surface area contributed by atoms with Crippen molar-refractivity contribution in [1.82, 2.24) is 10.2 Å². The van der Waals surface area contributed by atoms with Gasteiger partial charge >= 0.3 is 6.03 Å². The number of urea groups is 1. The number of fused-ring (bicyclic) bond motifs is 2. The Kier molecular flexibility index (Phi) is 5.33. The Morgan fingerprint density at radius 1 is 1.04 bits per heavy atom. The van der Waals surface area contributed by atoms with E-state index in [4.69, 9.17) is 9.47 Å². The number of ether oxygens (including phenoxy) is 2. The van der Waals surface area contributed by atoms with Gasteiger partial charge in [-0.2, -0.15) is 0 Å². The molecule has 0 unspecified atom stereocenters. The predicted octanol–water partition coefficient (Wildman–Crippen LogP) is 4.34. The third-order valence-corrected chi connectivity index (χ3v) is 5.03. The molecule has 5 heteroatoms. The summed E-state index contributed by atoms with van der Waals surface area (Å²) in [6, 6.07) is 20.4. The Morgan fingerprint density at radius 3 is 2.75 bits per heavy atom. The van der Waals surface area contributed by atoms with Gasteiger partial charge in [-0.15, -0.1) is 0 Å². The van der Waals surface area contributed by atoms with Crippen molar-refractivity contribution in [3.8, 4) is 11.5 Å². The molecule has 1 aliphatic rings. The lowest BCUT2D eigenvalue weighted by molar-refractivity contribution is 0.173.